The van der Waals surface area contributed by atoms with Gasteiger partial charge in [0.15, 0.2) is 23.1 Å². The van der Waals surface area contributed by atoms with Crippen LogP contribution in [0.4, 0.5) is 21.2 Å². The number of ketones is 1. The Morgan fingerprint density at radius 3 is 1.32 bits per heavy atom. The molecule has 4 amide bonds. The number of carbonyl (C=O) groups excluding carboxylic acids is 5. The number of hydrogen-bond donors (Lipinski definition) is 5. The Morgan fingerprint density at radius 2 is 0.974 bits per heavy atom. The molecule has 22 nitrogen and oxygen atoms in total. The largest absolute Gasteiger partial charge is 1.00 e. The molecule has 0 aliphatic carbocycles. The van der Waals surface area contributed by atoms with Gasteiger partial charge in [0.25, 0.3) is 11.8 Å². The summed E-state index contributed by atoms with van der Waals surface area (Å²) in [5, 5.41) is 15.5. The van der Waals surface area contributed by atoms with Gasteiger partial charge in [0.05, 0.1) is 12.1 Å². The summed E-state index contributed by atoms with van der Waals surface area (Å²) >= 11 is 0. The van der Waals surface area contributed by atoms with Gasteiger partial charge in [0.1, 0.15) is 39.9 Å². The van der Waals surface area contributed by atoms with Crippen molar-refractivity contribution in [1.82, 2.24) is 39.1 Å². The summed E-state index contributed by atoms with van der Waals surface area (Å²) in [6.45, 7) is 17.0. The van der Waals surface area contributed by atoms with E-state index < -0.39 is 41.4 Å². The molecule has 408 valence electrons. The first-order valence-electron chi connectivity index (χ1n) is 25.1. The third kappa shape index (κ3) is 14.7. The number of aryl methyl sites for hydroxylation is 2. The maximum Gasteiger partial charge on any atom is 1.00 e. The van der Waals surface area contributed by atoms with Crippen LogP contribution in [-0.2, 0) is 9.47 Å². The average Bonchev–Trinajstić information content (AvgIpc) is 3.90. The number of carbonyl (C=O) groups is 6. The summed E-state index contributed by atoms with van der Waals surface area (Å²) in [5.74, 6) is 12.1. The van der Waals surface area contributed by atoms with Gasteiger partial charge in [-0.25, -0.2) is 43.7 Å². The molecule has 6 heterocycles. The summed E-state index contributed by atoms with van der Waals surface area (Å²) in [4.78, 5) is 97.0. The van der Waals surface area contributed by atoms with E-state index in [0.717, 1.165) is 41.5 Å². The van der Waals surface area contributed by atoms with Crippen LogP contribution in [-0.4, -0.2) is 110 Å². The molecule has 8 rings (SSSR count). The SMILES string of the molecule is CC(=O)c1c(-c2ccc(C(=O)Nc3cc(C)ccn3)cc2)nc([C@@H]2CCCCN2C(=O)OC(C)(C)C)n1N.Cc1ccnc(NC(=O)c2ccc(-c3nc([C@@H]4CCCCN4C(=O)OC(C)(C)C)n(N)c3C(=O)O)cc2)c1.[Li+].[OH-]. The number of carboxylic acids is 1. The van der Waals surface area contributed by atoms with E-state index in [9.17, 15) is 33.9 Å². The molecule has 0 spiro atoms. The molecule has 2 saturated heterocycles. The summed E-state index contributed by atoms with van der Waals surface area (Å²) < 4.78 is 13.5. The monoisotopic (exact) mass is 1060 g/mol. The van der Waals surface area contributed by atoms with Crippen molar-refractivity contribution in [2.24, 2.45) is 0 Å². The van der Waals surface area contributed by atoms with E-state index in [1.165, 1.54) is 11.6 Å². The predicted octanol–water partition coefficient (Wildman–Crippen LogP) is 6.09. The summed E-state index contributed by atoms with van der Waals surface area (Å²) in [5.41, 5.74) is 3.09. The number of pyridine rings is 2. The number of amides is 4. The second-order valence-electron chi connectivity index (χ2n) is 20.8. The van der Waals surface area contributed by atoms with Crippen molar-refractivity contribution in [2.45, 2.75) is 124 Å². The number of benzene rings is 2. The fourth-order valence-electron chi connectivity index (χ4n) is 8.94. The number of nitrogens with zero attached hydrogens (tertiary/aromatic N) is 8. The molecule has 0 radical (unpaired) electrons. The molecule has 0 bridgehead atoms. The number of likely N-dealkylation sites (tertiary alicyclic amines) is 2. The van der Waals surface area contributed by atoms with Gasteiger partial charge in [0.2, 0.25) is 0 Å². The Labute approximate surface area is 464 Å². The molecule has 2 atom stereocenters. The molecule has 2 aliphatic heterocycles. The Kier molecular flexibility index (Phi) is 19.8. The first kappa shape index (κ1) is 60.8. The van der Waals surface area contributed by atoms with Gasteiger partial charge in [-0.1, -0.05) is 24.3 Å². The van der Waals surface area contributed by atoms with Gasteiger partial charge in [0, 0.05) is 54.7 Å². The van der Waals surface area contributed by atoms with E-state index >= 15 is 0 Å². The van der Waals surface area contributed by atoms with Crippen molar-refractivity contribution >= 4 is 47.4 Å². The van der Waals surface area contributed by atoms with Gasteiger partial charge >= 0.3 is 37.0 Å². The molecule has 78 heavy (non-hydrogen) atoms. The predicted molar refractivity (Wildman–Crippen MR) is 287 cm³/mol. The van der Waals surface area contributed by atoms with Gasteiger partial charge in [-0.15, -0.1) is 0 Å². The molecule has 23 heteroatoms. The van der Waals surface area contributed by atoms with Crippen LogP contribution in [0.2, 0.25) is 0 Å². The molecule has 2 fully saturated rings. The number of piperidine rings is 2. The number of imidazole rings is 2. The van der Waals surface area contributed by atoms with Crippen LogP contribution < -0.4 is 41.2 Å². The number of nitrogens with one attached hydrogen (secondary N) is 2. The molecule has 2 aliphatic rings. The van der Waals surface area contributed by atoms with Crippen molar-refractivity contribution in [3.8, 4) is 22.5 Å². The first-order chi connectivity index (χ1) is 35.9. The van der Waals surface area contributed by atoms with Crippen LogP contribution in [0.25, 0.3) is 22.5 Å². The van der Waals surface area contributed by atoms with Gasteiger partial charge in [-0.05, 0) is 154 Å². The molecular weight excluding hydrogens is 996 g/mol. The van der Waals surface area contributed by atoms with Crippen LogP contribution in [0, 0.1) is 13.8 Å². The molecule has 4 aromatic heterocycles. The van der Waals surface area contributed by atoms with Crippen LogP contribution in [0.3, 0.4) is 0 Å². The van der Waals surface area contributed by atoms with Crippen LogP contribution in [0.5, 0.6) is 0 Å². The third-order valence-electron chi connectivity index (χ3n) is 12.4. The Hall–Kier alpha value is -8.06. The van der Waals surface area contributed by atoms with Crippen LogP contribution >= 0.6 is 0 Å². The van der Waals surface area contributed by atoms with Gasteiger partial charge < -0.3 is 42.4 Å². The second-order valence-corrected chi connectivity index (χ2v) is 20.8. The van der Waals surface area contributed by atoms with E-state index in [-0.39, 0.29) is 64.8 Å². The molecular formula is C55H67LiN12O10. The van der Waals surface area contributed by atoms with Crippen molar-refractivity contribution in [2.75, 3.05) is 35.4 Å². The molecule has 6 aromatic rings. The van der Waals surface area contributed by atoms with Crippen molar-refractivity contribution in [3.63, 3.8) is 0 Å². The summed E-state index contributed by atoms with van der Waals surface area (Å²) in [6.07, 6.45) is 6.88. The maximum absolute atomic E-state index is 13.0. The van der Waals surface area contributed by atoms with Crippen LogP contribution in [0.1, 0.15) is 164 Å². The quantitative estimate of drug-likeness (QED) is 0.0589. The number of nitrogens with two attached hydrogens (primary N) is 2. The number of anilines is 2. The molecule has 0 saturated carbocycles. The smallest absolute Gasteiger partial charge is 0.870 e. The third-order valence-corrected chi connectivity index (χ3v) is 12.4. The van der Waals surface area contributed by atoms with E-state index in [1.54, 1.807) is 104 Å². The van der Waals surface area contributed by atoms with Crippen molar-refractivity contribution in [1.29, 1.82) is 0 Å². The molecule has 2 aromatic carbocycles. The Bertz CT molecular complexity index is 2940. The Balaban J connectivity index is 0.000000280. The van der Waals surface area contributed by atoms with E-state index in [4.69, 9.17) is 26.1 Å². The normalized spacial score (nSPS) is 15.3. The van der Waals surface area contributed by atoms with Crippen molar-refractivity contribution in [3.05, 3.63) is 130 Å². The maximum atomic E-state index is 13.0. The molecule has 8 N–H and O–H groups in total. The summed E-state index contributed by atoms with van der Waals surface area (Å²) in [6, 6.07) is 19.4. The van der Waals surface area contributed by atoms with E-state index in [0.29, 0.717) is 71.3 Å². The number of hydrogen-bond acceptors (Lipinski definition) is 15. The first-order valence-corrected chi connectivity index (χ1v) is 25.1. The van der Waals surface area contributed by atoms with E-state index in [1.807, 2.05) is 46.8 Å². The van der Waals surface area contributed by atoms with E-state index in [2.05, 4.69) is 25.6 Å². The van der Waals surface area contributed by atoms with Gasteiger partial charge in [-0.3, -0.25) is 24.2 Å². The summed E-state index contributed by atoms with van der Waals surface area (Å²) in [7, 11) is 0. The average molecular weight is 1060 g/mol. The number of rotatable bonds is 10. The zero-order valence-electron chi connectivity index (χ0n) is 45.8. The Morgan fingerprint density at radius 1 is 0.603 bits per heavy atom. The minimum Gasteiger partial charge on any atom is -0.870 e. The number of aromatic nitrogens is 6. The number of carboxylic acid groups (broad SMARTS) is 1. The fourth-order valence-corrected chi connectivity index (χ4v) is 8.94. The minimum atomic E-state index is -1.26. The van der Waals surface area contributed by atoms with Gasteiger partial charge in [-0.2, -0.15) is 0 Å². The van der Waals surface area contributed by atoms with Crippen LogP contribution in [0.15, 0.2) is 85.2 Å². The number of ether oxygens (including phenoxy) is 2. The van der Waals surface area contributed by atoms with Crippen molar-refractivity contribution < 1.29 is 67.7 Å². The number of Topliss-reactive ketones (excluding diaryl/α,β-unsaturated/α-hetero) is 1. The zero-order chi connectivity index (χ0) is 55.2. The second kappa shape index (κ2) is 25.4. The topological polar surface area (TPSA) is 315 Å². The number of nitrogen functional groups attached to an aromatic ring is 2. The standard InChI is InChI=1S/C28H34N6O4.C27H32N6O5.Li.H2O/c1-17-13-14-30-22(16-17)31-26(36)20-11-9-19(10-12-20)23-24(18(2)35)34(29)25(32-23)21-8-6-7-15-33(21)27(37)38-28(3,4)5;1-16-12-13-29-20(15-16)30-24(34)18-10-8-17(9-11-18)21-22(25(35)36)33(28)23(31-21)19-7-5-6-14-32(19)26(37)38-27(2,3)4;;/h9-14,16,21H,6-8,15,29H2,1-5H3,(H,30,31,36);8-13,15,19H,5-7,14,28H2,1-4H3,(H,35,36)(H,29,30,34);;1H2/q;;+1;/p-1/t21-;19-;;/m00../s1. The minimum absolute atomic E-state index is 0. The molecule has 0 unspecified atom stereocenters. The number of aromatic carboxylic acids is 1. The zero-order valence-corrected chi connectivity index (χ0v) is 45.8. The fraction of sp³-hybridized carbons (Fsp3) is 0.382.